The van der Waals surface area contributed by atoms with E-state index in [-0.39, 0.29) is 23.0 Å². The molecule has 4 rings (SSSR count). The number of nitrogens with zero attached hydrogens (tertiary/aromatic N) is 8. The third-order valence-corrected chi connectivity index (χ3v) is 5.91. The van der Waals surface area contributed by atoms with Gasteiger partial charge in [0.25, 0.3) is 0 Å². The summed E-state index contributed by atoms with van der Waals surface area (Å²) >= 11 is 0. The lowest BCUT2D eigenvalue weighted by Gasteiger charge is -2.26. The van der Waals surface area contributed by atoms with Gasteiger partial charge < -0.3 is 15.5 Å². The number of halogens is 2. The molecule has 0 spiro atoms. The maximum absolute atomic E-state index is 14.0. The summed E-state index contributed by atoms with van der Waals surface area (Å²) in [5.74, 6) is 5.34. The van der Waals surface area contributed by atoms with Crippen molar-refractivity contribution in [2.24, 2.45) is 15.9 Å². The first kappa shape index (κ1) is 28.0. The first-order chi connectivity index (χ1) is 18.5. The van der Waals surface area contributed by atoms with Gasteiger partial charge >= 0.3 is 0 Å². The molecule has 0 saturated carbocycles. The highest BCUT2D eigenvalue weighted by atomic mass is 19.1. The van der Waals surface area contributed by atoms with Crippen LogP contribution in [0.25, 0.3) is 5.52 Å². The number of hydrogen-bond donors (Lipinski definition) is 1. The Kier molecular flexibility index (Phi) is 9.66. The molecular formula is C26H29F2N9O. The van der Waals surface area contributed by atoms with Crippen LogP contribution in [0.1, 0.15) is 56.5 Å². The van der Waals surface area contributed by atoms with Crippen molar-refractivity contribution in [2.45, 2.75) is 45.8 Å². The van der Waals surface area contributed by atoms with Crippen molar-refractivity contribution < 1.29 is 13.5 Å². The molecule has 0 aliphatic carbocycles. The normalized spacial score (nSPS) is 15.3. The number of likely N-dealkylation sites (tertiary alicyclic amines) is 1. The molecule has 0 amide bonds. The van der Waals surface area contributed by atoms with Gasteiger partial charge in [0, 0.05) is 24.8 Å². The van der Waals surface area contributed by atoms with Crippen molar-refractivity contribution in [1.29, 1.82) is 10.5 Å². The number of rotatable bonds is 7. The molecule has 198 valence electrons. The summed E-state index contributed by atoms with van der Waals surface area (Å²) in [6, 6.07) is 6.16. The molecule has 0 bridgehead atoms. The summed E-state index contributed by atoms with van der Waals surface area (Å²) in [5, 5.41) is 26.7. The van der Waals surface area contributed by atoms with Crippen LogP contribution >= 0.6 is 0 Å². The van der Waals surface area contributed by atoms with E-state index in [1.54, 1.807) is 24.1 Å². The van der Waals surface area contributed by atoms with Gasteiger partial charge in [-0.1, -0.05) is 13.8 Å². The average Bonchev–Trinajstić information content (AvgIpc) is 3.37. The minimum absolute atomic E-state index is 0.0150. The van der Waals surface area contributed by atoms with E-state index in [9.17, 15) is 14.0 Å². The van der Waals surface area contributed by atoms with Crippen molar-refractivity contribution in [3.63, 3.8) is 0 Å². The largest absolute Gasteiger partial charge is 0.479 e. The summed E-state index contributed by atoms with van der Waals surface area (Å²) in [6.07, 6.45) is 6.43. The number of nitriles is 2. The molecule has 0 radical (unpaired) electrons. The molecule has 10 nitrogen and oxygen atoms in total. The van der Waals surface area contributed by atoms with Gasteiger partial charge in [0.05, 0.1) is 29.8 Å². The lowest BCUT2D eigenvalue weighted by molar-refractivity contribution is 0.164. The Balaban J connectivity index is 0.00000195. The van der Waals surface area contributed by atoms with Crippen molar-refractivity contribution >= 4 is 16.9 Å². The van der Waals surface area contributed by atoms with Crippen LogP contribution < -0.4 is 10.6 Å². The topological polar surface area (TPSA) is 141 Å². The number of aromatic nitrogens is 3. The fourth-order valence-corrected chi connectivity index (χ4v) is 4.09. The summed E-state index contributed by atoms with van der Waals surface area (Å²) in [5.41, 5.74) is 2.18. The first-order valence-corrected chi connectivity index (χ1v) is 12.2. The maximum atomic E-state index is 14.0. The lowest BCUT2D eigenvalue weighted by Crippen LogP contribution is -2.32. The highest BCUT2D eigenvalue weighted by molar-refractivity contribution is 6.47. The molecule has 1 saturated heterocycles. The predicted molar refractivity (Wildman–Crippen MR) is 139 cm³/mol. The Labute approximate surface area is 219 Å². The third-order valence-electron chi connectivity index (χ3n) is 5.91. The predicted octanol–water partition coefficient (Wildman–Crippen LogP) is 3.93. The molecule has 1 aliphatic heterocycles. The highest BCUT2D eigenvalue weighted by Gasteiger charge is 2.23. The van der Waals surface area contributed by atoms with Crippen LogP contribution in [0, 0.1) is 28.6 Å². The number of alkyl halides is 1. The fourth-order valence-electron chi connectivity index (χ4n) is 4.09. The van der Waals surface area contributed by atoms with E-state index >= 15 is 0 Å². The van der Waals surface area contributed by atoms with Crippen LogP contribution in [0.15, 0.2) is 46.9 Å². The number of hydrogen-bond acceptors (Lipinski definition) is 9. The molecule has 12 heteroatoms. The molecule has 3 aromatic rings. The maximum Gasteiger partial charge on any atom is 0.179 e. The monoisotopic (exact) mass is 521 g/mol. The zero-order valence-corrected chi connectivity index (χ0v) is 21.5. The Morgan fingerprint density at radius 2 is 2.00 bits per heavy atom. The first-order valence-electron chi connectivity index (χ1n) is 12.2. The van der Waals surface area contributed by atoms with Gasteiger partial charge in [-0.25, -0.2) is 13.3 Å². The van der Waals surface area contributed by atoms with Gasteiger partial charge in [0.15, 0.2) is 12.3 Å². The van der Waals surface area contributed by atoms with Crippen molar-refractivity contribution in [3.8, 4) is 18.0 Å². The summed E-state index contributed by atoms with van der Waals surface area (Å²) in [6.45, 7) is 6.10. The Bertz CT molecular complexity index is 1380. The van der Waals surface area contributed by atoms with Crippen molar-refractivity contribution in [2.75, 3.05) is 19.8 Å². The molecule has 1 fully saturated rings. The van der Waals surface area contributed by atoms with E-state index < -0.39 is 18.6 Å². The van der Waals surface area contributed by atoms with E-state index in [1.807, 2.05) is 19.9 Å². The second-order valence-electron chi connectivity index (χ2n) is 8.23. The molecule has 4 heterocycles. The van der Waals surface area contributed by atoms with Crippen LogP contribution in [0.2, 0.25) is 0 Å². The molecule has 2 N–H and O–H groups in total. The molecule has 0 aromatic carbocycles. The van der Waals surface area contributed by atoms with Crippen LogP contribution in [-0.2, 0) is 0 Å². The zero-order chi connectivity index (χ0) is 27.7. The van der Waals surface area contributed by atoms with E-state index in [0.717, 1.165) is 19.0 Å². The summed E-state index contributed by atoms with van der Waals surface area (Å²) < 4.78 is 34.7. The van der Waals surface area contributed by atoms with Crippen LogP contribution in [-0.4, -0.2) is 56.7 Å². The number of nitrogens with two attached hydrogens (primary N) is 1. The lowest BCUT2D eigenvalue weighted by atomic mass is 10.0. The minimum Gasteiger partial charge on any atom is -0.479 e. The second-order valence-corrected chi connectivity index (χ2v) is 8.23. The Morgan fingerprint density at radius 3 is 2.58 bits per heavy atom. The van der Waals surface area contributed by atoms with Gasteiger partial charge in [-0.05, 0) is 38.0 Å². The van der Waals surface area contributed by atoms with E-state index in [1.165, 1.54) is 22.8 Å². The highest BCUT2D eigenvalue weighted by Crippen LogP contribution is 2.30. The number of fused-ring (bicyclic) bond motifs is 1. The quantitative estimate of drug-likeness (QED) is 0.215. The van der Waals surface area contributed by atoms with Crippen LogP contribution in [0.3, 0.4) is 0 Å². The summed E-state index contributed by atoms with van der Waals surface area (Å²) in [7, 11) is 0. The van der Waals surface area contributed by atoms with Crippen molar-refractivity contribution in [3.05, 3.63) is 59.4 Å². The van der Waals surface area contributed by atoms with Gasteiger partial charge in [-0.2, -0.15) is 20.7 Å². The van der Waals surface area contributed by atoms with E-state index in [2.05, 4.69) is 21.4 Å². The van der Waals surface area contributed by atoms with Crippen LogP contribution in [0.5, 0.6) is 5.75 Å². The molecule has 1 atom stereocenters. The molecule has 3 aromatic heterocycles. The smallest absolute Gasteiger partial charge is 0.179 e. The van der Waals surface area contributed by atoms with E-state index in [0.29, 0.717) is 35.6 Å². The van der Waals surface area contributed by atoms with Crippen LogP contribution in [0.4, 0.5) is 8.78 Å². The zero-order valence-electron chi connectivity index (χ0n) is 21.5. The summed E-state index contributed by atoms with van der Waals surface area (Å²) in [4.78, 5) is 10.4. The van der Waals surface area contributed by atoms with Gasteiger partial charge in [0.2, 0.25) is 0 Å². The molecule has 1 unspecified atom stereocenters. The number of ether oxygens (including phenoxy) is 1. The average molecular weight is 522 g/mol. The standard InChI is InChI=1S/C24H23F2N9O.C2H6/c1-15(32-19-4-6-34(14-28)7-5-19)23(33-29)16-8-21(24-17(10-27)11-31-35(24)13-16)36-22(9-25)20-3-2-18(26)12-30-20;1-2/h2-3,8,11-13,19,22H,4-7,9,29H2,1H3;1-2H3/b32-15?,33-23+;. The number of pyridine rings is 2. The second kappa shape index (κ2) is 13.1. The number of aliphatic imine (C=N–C) groups is 1. The SMILES string of the molecule is CC.CC(=NC1CCN(C#N)CC1)/C(=N\N)c1cc(OC(CF)c2ccc(F)cn2)c2c(C#N)cnn2c1. The van der Waals surface area contributed by atoms with Crippen molar-refractivity contribution in [1.82, 2.24) is 19.5 Å². The Morgan fingerprint density at radius 1 is 1.26 bits per heavy atom. The minimum atomic E-state index is -1.15. The number of piperidine rings is 1. The number of hydrazone groups is 1. The van der Waals surface area contributed by atoms with Gasteiger partial charge in [0.1, 0.15) is 41.1 Å². The molecule has 38 heavy (non-hydrogen) atoms. The van der Waals surface area contributed by atoms with Gasteiger partial charge in [-0.15, -0.1) is 0 Å². The molecule has 1 aliphatic rings. The third kappa shape index (κ3) is 6.21. The van der Waals surface area contributed by atoms with E-state index in [4.69, 9.17) is 20.8 Å². The Hall–Kier alpha value is -4.58. The fraction of sp³-hybridized carbons (Fsp3) is 0.385. The van der Waals surface area contributed by atoms with Gasteiger partial charge in [-0.3, -0.25) is 9.98 Å². The molecular weight excluding hydrogens is 492 g/mol.